The summed E-state index contributed by atoms with van der Waals surface area (Å²) >= 11 is 0. The van der Waals surface area contributed by atoms with E-state index < -0.39 is 0 Å². The lowest BCUT2D eigenvalue weighted by Crippen LogP contribution is -2.18. The van der Waals surface area contributed by atoms with Crippen molar-refractivity contribution in [2.75, 3.05) is 18.5 Å². The van der Waals surface area contributed by atoms with Crippen molar-refractivity contribution in [2.24, 2.45) is 5.92 Å². The van der Waals surface area contributed by atoms with Crippen molar-refractivity contribution in [1.29, 1.82) is 0 Å². The Hall–Kier alpha value is -1.38. The molecule has 0 amide bonds. The van der Waals surface area contributed by atoms with Crippen LogP contribution in [0.25, 0.3) is 0 Å². The minimum Gasteiger partial charge on any atom is -0.486 e. The summed E-state index contributed by atoms with van der Waals surface area (Å²) in [5, 5.41) is 3.51. The van der Waals surface area contributed by atoms with E-state index in [0.29, 0.717) is 19.3 Å². The van der Waals surface area contributed by atoms with Gasteiger partial charge in [-0.15, -0.1) is 0 Å². The summed E-state index contributed by atoms with van der Waals surface area (Å²) in [6, 6.07) is 6.54. The molecule has 1 aliphatic heterocycles. The van der Waals surface area contributed by atoms with Gasteiger partial charge in [0.2, 0.25) is 0 Å². The molecule has 1 aliphatic rings. The maximum Gasteiger partial charge on any atom is 0.163 e. The number of rotatable bonds is 5. The molecule has 1 aromatic carbocycles. The minimum absolute atomic E-state index is 0.481. The standard InChI is InChI=1S/C15H23NO2/c1-11(2)4-5-12(3)16-13-6-7-14-15(10-13)18-9-8-17-14/h6-7,10-12,16H,4-5,8-9H2,1-3H3. The Morgan fingerprint density at radius 2 is 1.78 bits per heavy atom. The van der Waals surface area contributed by atoms with Crippen molar-refractivity contribution in [3.8, 4) is 11.5 Å². The van der Waals surface area contributed by atoms with Gasteiger partial charge in [-0.3, -0.25) is 0 Å². The van der Waals surface area contributed by atoms with Crippen LogP contribution < -0.4 is 14.8 Å². The molecule has 2 rings (SSSR count). The van der Waals surface area contributed by atoms with Crippen LogP contribution in [0.4, 0.5) is 5.69 Å². The molecule has 0 fully saturated rings. The fraction of sp³-hybridized carbons (Fsp3) is 0.600. The Morgan fingerprint density at radius 3 is 2.50 bits per heavy atom. The van der Waals surface area contributed by atoms with Crippen LogP contribution in [0.2, 0.25) is 0 Å². The Kier molecular flexibility index (Phi) is 4.34. The Labute approximate surface area is 109 Å². The van der Waals surface area contributed by atoms with Crippen LogP contribution >= 0.6 is 0 Å². The van der Waals surface area contributed by atoms with E-state index in [2.05, 4.69) is 32.2 Å². The number of fused-ring (bicyclic) bond motifs is 1. The topological polar surface area (TPSA) is 30.5 Å². The number of benzene rings is 1. The number of ether oxygens (including phenoxy) is 2. The summed E-state index contributed by atoms with van der Waals surface area (Å²) in [4.78, 5) is 0. The zero-order valence-corrected chi connectivity index (χ0v) is 11.5. The van der Waals surface area contributed by atoms with Crippen LogP contribution in [0.15, 0.2) is 18.2 Å². The summed E-state index contributed by atoms with van der Waals surface area (Å²) in [6.07, 6.45) is 2.44. The van der Waals surface area contributed by atoms with Crippen molar-refractivity contribution in [3.05, 3.63) is 18.2 Å². The molecule has 3 heteroatoms. The van der Waals surface area contributed by atoms with E-state index in [4.69, 9.17) is 9.47 Å². The van der Waals surface area contributed by atoms with Crippen LogP contribution in [0.1, 0.15) is 33.6 Å². The molecule has 100 valence electrons. The predicted molar refractivity (Wildman–Crippen MR) is 74.6 cm³/mol. The smallest absolute Gasteiger partial charge is 0.163 e. The highest BCUT2D eigenvalue weighted by Gasteiger charge is 2.12. The molecule has 1 unspecified atom stereocenters. The van der Waals surface area contributed by atoms with Gasteiger partial charge in [0, 0.05) is 17.8 Å². The molecule has 0 aromatic heterocycles. The molecule has 0 saturated heterocycles. The molecule has 1 N–H and O–H groups in total. The molecule has 0 bridgehead atoms. The number of anilines is 1. The van der Waals surface area contributed by atoms with Crippen LogP contribution in [0.3, 0.4) is 0 Å². The third-order valence-electron chi connectivity index (χ3n) is 3.13. The lowest BCUT2D eigenvalue weighted by molar-refractivity contribution is 0.171. The molecule has 0 aliphatic carbocycles. The van der Waals surface area contributed by atoms with Crippen LogP contribution in [0.5, 0.6) is 11.5 Å². The van der Waals surface area contributed by atoms with Crippen LogP contribution in [0, 0.1) is 5.92 Å². The fourth-order valence-corrected chi connectivity index (χ4v) is 2.07. The third-order valence-corrected chi connectivity index (χ3v) is 3.13. The van der Waals surface area contributed by atoms with Gasteiger partial charge in [-0.1, -0.05) is 13.8 Å². The molecule has 0 saturated carbocycles. The highest BCUT2D eigenvalue weighted by molar-refractivity contribution is 5.55. The van der Waals surface area contributed by atoms with Crippen LogP contribution in [-0.2, 0) is 0 Å². The van der Waals surface area contributed by atoms with Gasteiger partial charge in [0.15, 0.2) is 11.5 Å². The predicted octanol–water partition coefficient (Wildman–Crippen LogP) is 3.69. The maximum absolute atomic E-state index is 5.58. The minimum atomic E-state index is 0.481. The molecule has 3 nitrogen and oxygen atoms in total. The van der Waals surface area contributed by atoms with Crippen molar-refractivity contribution < 1.29 is 9.47 Å². The van der Waals surface area contributed by atoms with E-state index in [0.717, 1.165) is 23.1 Å². The summed E-state index contributed by atoms with van der Waals surface area (Å²) in [6.45, 7) is 8.02. The second-order valence-corrected chi connectivity index (χ2v) is 5.38. The first kappa shape index (κ1) is 13.1. The van der Waals surface area contributed by atoms with Gasteiger partial charge in [-0.05, 0) is 37.8 Å². The molecule has 1 aromatic rings. The van der Waals surface area contributed by atoms with E-state index in [1.54, 1.807) is 0 Å². The quantitative estimate of drug-likeness (QED) is 0.863. The van der Waals surface area contributed by atoms with E-state index in [-0.39, 0.29) is 0 Å². The molecular formula is C15H23NO2. The zero-order valence-electron chi connectivity index (χ0n) is 11.5. The second-order valence-electron chi connectivity index (χ2n) is 5.38. The molecule has 18 heavy (non-hydrogen) atoms. The number of hydrogen-bond acceptors (Lipinski definition) is 3. The Morgan fingerprint density at radius 1 is 1.06 bits per heavy atom. The van der Waals surface area contributed by atoms with Crippen molar-refractivity contribution >= 4 is 5.69 Å². The second kappa shape index (κ2) is 5.98. The van der Waals surface area contributed by atoms with Crippen molar-refractivity contribution in [3.63, 3.8) is 0 Å². The third kappa shape index (κ3) is 3.56. The first-order valence-corrected chi connectivity index (χ1v) is 6.81. The van der Waals surface area contributed by atoms with E-state index in [1.165, 1.54) is 12.8 Å². The molecular weight excluding hydrogens is 226 g/mol. The average molecular weight is 249 g/mol. The van der Waals surface area contributed by atoms with Crippen LogP contribution in [-0.4, -0.2) is 19.3 Å². The lowest BCUT2D eigenvalue weighted by atomic mass is 10.0. The van der Waals surface area contributed by atoms with Gasteiger partial charge in [-0.25, -0.2) is 0 Å². The van der Waals surface area contributed by atoms with Gasteiger partial charge >= 0.3 is 0 Å². The highest BCUT2D eigenvalue weighted by Crippen LogP contribution is 2.32. The Bertz CT molecular complexity index is 390. The summed E-state index contributed by atoms with van der Waals surface area (Å²) < 4.78 is 11.1. The van der Waals surface area contributed by atoms with Gasteiger partial charge < -0.3 is 14.8 Å². The molecule has 0 radical (unpaired) electrons. The maximum atomic E-state index is 5.58. The molecule has 1 atom stereocenters. The number of hydrogen-bond donors (Lipinski definition) is 1. The first-order chi connectivity index (χ1) is 8.65. The van der Waals surface area contributed by atoms with E-state index in [9.17, 15) is 0 Å². The highest BCUT2D eigenvalue weighted by atomic mass is 16.6. The van der Waals surface area contributed by atoms with Gasteiger partial charge in [0.25, 0.3) is 0 Å². The van der Waals surface area contributed by atoms with E-state index >= 15 is 0 Å². The zero-order chi connectivity index (χ0) is 13.0. The molecule has 1 heterocycles. The fourth-order valence-electron chi connectivity index (χ4n) is 2.07. The summed E-state index contributed by atoms with van der Waals surface area (Å²) in [5.74, 6) is 2.46. The number of nitrogens with one attached hydrogen (secondary N) is 1. The monoisotopic (exact) mass is 249 g/mol. The SMILES string of the molecule is CC(C)CCC(C)Nc1ccc2c(c1)OCCO2. The first-order valence-electron chi connectivity index (χ1n) is 6.81. The van der Waals surface area contributed by atoms with Gasteiger partial charge in [0.1, 0.15) is 13.2 Å². The normalized spacial score (nSPS) is 15.6. The van der Waals surface area contributed by atoms with Crippen molar-refractivity contribution in [1.82, 2.24) is 0 Å². The lowest BCUT2D eigenvalue weighted by Gasteiger charge is -2.21. The molecule has 0 spiro atoms. The average Bonchev–Trinajstić information content (AvgIpc) is 2.36. The largest absolute Gasteiger partial charge is 0.486 e. The van der Waals surface area contributed by atoms with Gasteiger partial charge in [0.05, 0.1) is 0 Å². The summed E-state index contributed by atoms with van der Waals surface area (Å²) in [5.41, 5.74) is 1.11. The van der Waals surface area contributed by atoms with E-state index in [1.807, 2.05) is 12.1 Å². The summed E-state index contributed by atoms with van der Waals surface area (Å²) in [7, 11) is 0. The van der Waals surface area contributed by atoms with Crippen molar-refractivity contribution in [2.45, 2.75) is 39.7 Å². The Balaban J connectivity index is 1.93. The van der Waals surface area contributed by atoms with Gasteiger partial charge in [-0.2, -0.15) is 0 Å².